The van der Waals surface area contributed by atoms with Gasteiger partial charge >= 0.3 is 0 Å². The number of rotatable bonds is 3. The molecule has 5 heteroatoms. The number of benzene rings is 1. The fourth-order valence-electron chi connectivity index (χ4n) is 1.70. The molecule has 19 heavy (non-hydrogen) atoms. The van der Waals surface area contributed by atoms with Gasteiger partial charge in [-0.3, -0.25) is 9.78 Å². The zero-order valence-electron chi connectivity index (χ0n) is 10.3. The van der Waals surface area contributed by atoms with Crippen molar-refractivity contribution in [3.8, 4) is 0 Å². The number of amides is 1. The predicted molar refractivity (Wildman–Crippen MR) is 76.5 cm³/mol. The summed E-state index contributed by atoms with van der Waals surface area (Å²) in [6.07, 6.45) is 1.52. The lowest BCUT2D eigenvalue weighted by Crippen LogP contribution is -2.26. The normalized spacial score (nSPS) is 10.3. The fourth-order valence-corrected chi connectivity index (χ4v) is 2.07. The molecule has 1 aromatic heterocycles. The van der Waals surface area contributed by atoms with Crippen molar-refractivity contribution < 1.29 is 4.79 Å². The van der Waals surface area contributed by atoms with Gasteiger partial charge in [-0.1, -0.05) is 35.3 Å². The van der Waals surface area contributed by atoms with Crippen molar-refractivity contribution in [3.63, 3.8) is 0 Å². The lowest BCUT2D eigenvalue weighted by atomic mass is 10.2. The number of hydrogen-bond donors (Lipinski definition) is 0. The van der Waals surface area contributed by atoms with Gasteiger partial charge in [0.1, 0.15) is 5.69 Å². The van der Waals surface area contributed by atoms with E-state index < -0.39 is 0 Å². The molecule has 0 fully saturated rings. The van der Waals surface area contributed by atoms with Crippen molar-refractivity contribution in [1.82, 2.24) is 9.88 Å². The maximum absolute atomic E-state index is 12.2. The van der Waals surface area contributed by atoms with E-state index >= 15 is 0 Å². The summed E-state index contributed by atoms with van der Waals surface area (Å²) >= 11 is 11.8. The summed E-state index contributed by atoms with van der Waals surface area (Å²) in [6, 6.07) is 10.6. The van der Waals surface area contributed by atoms with Crippen LogP contribution >= 0.6 is 23.2 Å². The van der Waals surface area contributed by atoms with Crippen LogP contribution in [0.4, 0.5) is 0 Å². The summed E-state index contributed by atoms with van der Waals surface area (Å²) in [7, 11) is 1.71. The van der Waals surface area contributed by atoms with Crippen LogP contribution in [0, 0.1) is 0 Å². The van der Waals surface area contributed by atoms with Gasteiger partial charge in [-0.05, 0) is 29.8 Å². The molecule has 0 aliphatic heterocycles. The molecule has 0 unspecified atom stereocenters. The Morgan fingerprint density at radius 3 is 2.63 bits per heavy atom. The molecule has 0 aliphatic carbocycles. The first-order valence-electron chi connectivity index (χ1n) is 5.68. The zero-order valence-corrected chi connectivity index (χ0v) is 11.8. The first kappa shape index (κ1) is 13.8. The van der Waals surface area contributed by atoms with Crippen LogP contribution in [-0.2, 0) is 6.54 Å². The molecule has 0 saturated heterocycles. The third-order valence-electron chi connectivity index (χ3n) is 2.60. The quantitative estimate of drug-likeness (QED) is 0.865. The van der Waals surface area contributed by atoms with E-state index in [1.54, 1.807) is 30.1 Å². The largest absolute Gasteiger partial charge is 0.336 e. The van der Waals surface area contributed by atoms with E-state index in [2.05, 4.69) is 4.98 Å². The maximum atomic E-state index is 12.2. The number of pyridine rings is 1. The van der Waals surface area contributed by atoms with Crippen LogP contribution in [0.1, 0.15) is 16.1 Å². The highest BCUT2D eigenvalue weighted by atomic mass is 35.5. The van der Waals surface area contributed by atoms with E-state index in [1.807, 2.05) is 18.2 Å². The summed E-state index contributed by atoms with van der Waals surface area (Å²) < 4.78 is 0. The van der Waals surface area contributed by atoms with Crippen molar-refractivity contribution in [1.29, 1.82) is 0 Å². The monoisotopic (exact) mass is 294 g/mol. The van der Waals surface area contributed by atoms with Gasteiger partial charge in [-0.15, -0.1) is 0 Å². The standard InChI is InChI=1S/C14H12Cl2N2O/c1-18(9-10-3-2-4-11(15)7-10)14(19)13-8-12(16)5-6-17-13/h2-8H,9H2,1H3. The Hall–Kier alpha value is -1.58. The highest BCUT2D eigenvalue weighted by molar-refractivity contribution is 6.31. The fraction of sp³-hybridized carbons (Fsp3) is 0.143. The van der Waals surface area contributed by atoms with Gasteiger partial charge in [-0.25, -0.2) is 0 Å². The highest BCUT2D eigenvalue weighted by Crippen LogP contribution is 2.14. The van der Waals surface area contributed by atoms with Crippen LogP contribution in [0.15, 0.2) is 42.6 Å². The maximum Gasteiger partial charge on any atom is 0.272 e. The SMILES string of the molecule is CN(Cc1cccc(Cl)c1)C(=O)c1cc(Cl)ccn1. The van der Waals surface area contributed by atoms with Gasteiger partial charge < -0.3 is 4.90 Å². The first-order chi connectivity index (χ1) is 9.06. The number of nitrogens with zero attached hydrogens (tertiary/aromatic N) is 2. The minimum absolute atomic E-state index is 0.178. The Morgan fingerprint density at radius 2 is 1.95 bits per heavy atom. The van der Waals surface area contributed by atoms with Crippen molar-refractivity contribution in [3.05, 3.63) is 63.9 Å². The van der Waals surface area contributed by atoms with E-state index in [-0.39, 0.29) is 5.91 Å². The molecule has 2 aromatic rings. The van der Waals surface area contributed by atoms with Crippen LogP contribution in [-0.4, -0.2) is 22.8 Å². The molecular formula is C14H12Cl2N2O. The third-order valence-corrected chi connectivity index (χ3v) is 3.07. The van der Waals surface area contributed by atoms with Crippen LogP contribution in [0.5, 0.6) is 0 Å². The van der Waals surface area contributed by atoms with E-state index in [4.69, 9.17) is 23.2 Å². The Balaban J connectivity index is 2.12. The molecule has 0 saturated carbocycles. The van der Waals surface area contributed by atoms with Crippen LogP contribution in [0.2, 0.25) is 10.0 Å². The number of halogens is 2. The van der Waals surface area contributed by atoms with Gasteiger partial charge in [0, 0.05) is 29.8 Å². The minimum Gasteiger partial charge on any atom is -0.336 e. The Morgan fingerprint density at radius 1 is 1.21 bits per heavy atom. The molecular weight excluding hydrogens is 283 g/mol. The molecule has 0 atom stereocenters. The Kier molecular flexibility index (Phi) is 4.40. The first-order valence-corrected chi connectivity index (χ1v) is 6.43. The third kappa shape index (κ3) is 3.69. The average molecular weight is 295 g/mol. The molecule has 0 radical (unpaired) electrons. The molecule has 98 valence electrons. The second-order valence-electron chi connectivity index (χ2n) is 4.15. The lowest BCUT2D eigenvalue weighted by molar-refractivity contribution is 0.0779. The van der Waals surface area contributed by atoms with Crippen LogP contribution in [0.25, 0.3) is 0 Å². The average Bonchev–Trinajstić information content (AvgIpc) is 2.38. The number of hydrogen-bond acceptors (Lipinski definition) is 2. The second-order valence-corrected chi connectivity index (χ2v) is 5.02. The van der Waals surface area contributed by atoms with Gasteiger partial charge in [0.15, 0.2) is 0 Å². The smallest absolute Gasteiger partial charge is 0.272 e. The van der Waals surface area contributed by atoms with Gasteiger partial charge in [0.2, 0.25) is 0 Å². The van der Waals surface area contributed by atoms with Crippen molar-refractivity contribution in [2.75, 3.05) is 7.05 Å². The molecule has 1 aromatic carbocycles. The molecule has 2 rings (SSSR count). The van der Waals surface area contributed by atoms with Crippen LogP contribution in [0.3, 0.4) is 0 Å². The van der Waals surface area contributed by atoms with Gasteiger partial charge in [-0.2, -0.15) is 0 Å². The summed E-state index contributed by atoms with van der Waals surface area (Å²) in [4.78, 5) is 17.7. The molecule has 1 heterocycles. The van der Waals surface area contributed by atoms with E-state index in [0.717, 1.165) is 5.56 Å². The topological polar surface area (TPSA) is 33.2 Å². The highest BCUT2D eigenvalue weighted by Gasteiger charge is 2.13. The van der Waals surface area contributed by atoms with Gasteiger partial charge in [0.25, 0.3) is 5.91 Å². The van der Waals surface area contributed by atoms with E-state index in [9.17, 15) is 4.79 Å². The summed E-state index contributed by atoms with van der Waals surface area (Å²) in [5, 5.41) is 1.15. The Labute approximate surface area is 121 Å². The zero-order chi connectivity index (χ0) is 13.8. The van der Waals surface area contributed by atoms with Gasteiger partial charge in [0.05, 0.1) is 0 Å². The lowest BCUT2D eigenvalue weighted by Gasteiger charge is -2.17. The van der Waals surface area contributed by atoms with Crippen LogP contribution < -0.4 is 0 Å². The molecule has 0 aliphatic rings. The van der Waals surface area contributed by atoms with Crippen molar-refractivity contribution >= 4 is 29.1 Å². The molecule has 0 bridgehead atoms. The number of carbonyl (C=O) groups is 1. The summed E-state index contributed by atoms with van der Waals surface area (Å²) in [5.74, 6) is -0.178. The summed E-state index contributed by atoms with van der Waals surface area (Å²) in [6.45, 7) is 0.466. The van der Waals surface area contributed by atoms with E-state index in [1.165, 1.54) is 6.20 Å². The molecule has 0 spiro atoms. The van der Waals surface area contributed by atoms with E-state index in [0.29, 0.717) is 22.3 Å². The second kappa shape index (κ2) is 6.04. The number of carbonyl (C=O) groups excluding carboxylic acids is 1. The number of aromatic nitrogens is 1. The molecule has 3 nitrogen and oxygen atoms in total. The van der Waals surface area contributed by atoms with Crippen molar-refractivity contribution in [2.24, 2.45) is 0 Å². The predicted octanol–water partition coefficient (Wildman–Crippen LogP) is 3.66. The summed E-state index contributed by atoms with van der Waals surface area (Å²) in [5.41, 5.74) is 1.29. The molecule has 0 N–H and O–H groups in total. The molecule has 1 amide bonds. The minimum atomic E-state index is -0.178. The Bertz CT molecular complexity index is 602. The van der Waals surface area contributed by atoms with Crippen molar-refractivity contribution in [2.45, 2.75) is 6.54 Å².